The molecule has 5 N–H and O–H groups in total. The van der Waals surface area contributed by atoms with E-state index in [1.807, 2.05) is 13.8 Å². The van der Waals surface area contributed by atoms with Crippen LogP contribution in [0.15, 0.2) is 0 Å². The third-order valence-corrected chi connectivity index (χ3v) is 1.87. The summed E-state index contributed by atoms with van der Waals surface area (Å²) in [5, 5.41) is 44.7. The van der Waals surface area contributed by atoms with Gasteiger partial charge in [-0.15, -0.1) is 0 Å². The number of aliphatic hydroxyl groups excluding tert-OH is 5. The number of hydrogen-bond donors (Lipinski definition) is 5. The fraction of sp³-hybridized carbons (Fsp3) is 1.00. The molecule has 0 saturated carbocycles. The smallest absolute Gasteiger partial charge is 0.184 e. The number of aliphatic hydroxyl groups is 5. The molecule has 1 heterocycles. The van der Waals surface area contributed by atoms with Crippen molar-refractivity contribution < 1.29 is 30.3 Å². The van der Waals surface area contributed by atoms with Crippen molar-refractivity contribution in [1.82, 2.24) is 0 Å². The first-order valence-electron chi connectivity index (χ1n) is 4.56. The van der Waals surface area contributed by atoms with Gasteiger partial charge in [-0.25, -0.2) is 0 Å². The van der Waals surface area contributed by atoms with Gasteiger partial charge in [0.2, 0.25) is 0 Å². The van der Waals surface area contributed by atoms with E-state index in [4.69, 9.17) is 25.5 Å². The summed E-state index contributed by atoms with van der Waals surface area (Å²) in [7, 11) is 0. The molecule has 1 saturated heterocycles. The first-order chi connectivity index (χ1) is 6.57. The lowest BCUT2D eigenvalue weighted by atomic mass is 10.00. The predicted molar refractivity (Wildman–Crippen MR) is 47.3 cm³/mol. The summed E-state index contributed by atoms with van der Waals surface area (Å²) in [5.41, 5.74) is 0. The number of ether oxygens (including phenoxy) is 1. The zero-order valence-corrected chi connectivity index (χ0v) is 8.24. The lowest BCUT2D eigenvalue weighted by molar-refractivity contribution is -0.286. The fourth-order valence-electron chi connectivity index (χ4n) is 1.08. The summed E-state index contributed by atoms with van der Waals surface area (Å²) in [4.78, 5) is 0. The van der Waals surface area contributed by atoms with Gasteiger partial charge in [-0.05, 0) is 0 Å². The molecule has 1 fully saturated rings. The molecular weight excluding hydrogens is 192 g/mol. The van der Waals surface area contributed by atoms with Crippen molar-refractivity contribution in [2.45, 2.75) is 44.6 Å². The molecule has 1 unspecified atom stereocenters. The molecule has 14 heavy (non-hydrogen) atoms. The van der Waals surface area contributed by atoms with Gasteiger partial charge < -0.3 is 30.3 Å². The maximum Gasteiger partial charge on any atom is 0.184 e. The van der Waals surface area contributed by atoms with E-state index in [-0.39, 0.29) is 0 Å². The van der Waals surface area contributed by atoms with E-state index in [9.17, 15) is 0 Å². The Labute approximate surface area is 82.4 Å². The minimum Gasteiger partial charge on any atom is -0.394 e. The summed E-state index contributed by atoms with van der Waals surface area (Å²) in [5.74, 6) is 0. The highest BCUT2D eigenvalue weighted by Gasteiger charge is 2.42. The Kier molecular flexibility index (Phi) is 6.17. The van der Waals surface area contributed by atoms with E-state index in [2.05, 4.69) is 4.74 Å². The Bertz CT molecular complexity index is 148. The Hall–Kier alpha value is -0.240. The zero-order valence-electron chi connectivity index (χ0n) is 8.24. The molecule has 0 radical (unpaired) electrons. The molecule has 0 aromatic rings. The summed E-state index contributed by atoms with van der Waals surface area (Å²) >= 11 is 0. The molecular formula is C8H18O6. The molecule has 0 amide bonds. The van der Waals surface area contributed by atoms with E-state index in [0.717, 1.165) is 0 Å². The quantitative estimate of drug-likeness (QED) is 0.336. The second-order valence-electron chi connectivity index (χ2n) is 2.72. The van der Waals surface area contributed by atoms with Gasteiger partial charge in [0.25, 0.3) is 0 Å². The third kappa shape index (κ3) is 2.88. The SMILES string of the molecule is CC.OCC1O[C@@H](O)[C@@H](O)[C@H](O)[C@@H]1O. The van der Waals surface area contributed by atoms with Crippen LogP contribution in [0, 0.1) is 0 Å². The summed E-state index contributed by atoms with van der Waals surface area (Å²) in [6.45, 7) is 3.47. The second-order valence-corrected chi connectivity index (χ2v) is 2.72. The normalized spacial score (nSPS) is 42.6. The molecule has 1 aliphatic heterocycles. The van der Waals surface area contributed by atoms with Crippen LogP contribution in [0.4, 0.5) is 0 Å². The molecule has 0 aromatic carbocycles. The zero-order chi connectivity index (χ0) is 11.3. The molecule has 0 aliphatic carbocycles. The Balaban J connectivity index is 0.000000791. The second kappa shape index (κ2) is 6.28. The van der Waals surface area contributed by atoms with Gasteiger partial charge in [-0.2, -0.15) is 0 Å². The van der Waals surface area contributed by atoms with Crippen molar-refractivity contribution >= 4 is 0 Å². The highest BCUT2D eigenvalue weighted by molar-refractivity contribution is 4.87. The van der Waals surface area contributed by atoms with Gasteiger partial charge in [0.1, 0.15) is 24.4 Å². The van der Waals surface area contributed by atoms with Crippen LogP contribution in [0.25, 0.3) is 0 Å². The van der Waals surface area contributed by atoms with Crippen LogP contribution in [0.5, 0.6) is 0 Å². The Morgan fingerprint density at radius 1 is 0.929 bits per heavy atom. The highest BCUT2D eigenvalue weighted by atomic mass is 16.6. The van der Waals surface area contributed by atoms with E-state index in [1.165, 1.54) is 0 Å². The van der Waals surface area contributed by atoms with Gasteiger partial charge in [-0.3, -0.25) is 0 Å². The van der Waals surface area contributed by atoms with Gasteiger partial charge in [-0.1, -0.05) is 13.8 Å². The minimum absolute atomic E-state index is 0.526. The Morgan fingerprint density at radius 2 is 1.43 bits per heavy atom. The van der Waals surface area contributed by atoms with Crippen LogP contribution in [0.1, 0.15) is 13.8 Å². The summed E-state index contributed by atoms with van der Waals surface area (Å²) < 4.78 is 4.58. The van der Waals surface area contributed by atoms with E-state index < -0.39 is 37.3 Å². The monoisotopic (exact) mass is 210 g/mol. The average Bonchev–Trinajstić information content (AvgIpc) is 2.23. The lowest BCUT2D eigenvalue weighted by Gasteiger charge is -2.37. The third-order valence-electron chi connectivity index (χ3n) is 1.87. The summed E-state index contributed by atoms with van der Waals surface area (Å²) in [6, 6.07) is 0. The maximum absolute atomic E-state index is 9.12. The average molecular weight is 210 g/mol. The van der Waals surface area contributed by atoms with Gasteiger partial charge in [0.05, 0.1) is 6.61 Å². The molecule has 0 spiro atoms. The maximum atomic E-state index is 9.12. The van der Waals surface area contributed by atoms with Crippen LogP contribution in [-0.2, 0) is 4.74 Å². The van der Waals surface area contributed by atoms with E-state index >= 15 is 0 Å². The van der Waals surface area contributed by atoms with Crippen molar-refractivity contribution in [3.8, 4) is 0 Å². The molecule has 1 aliphatic rings. The molecule has 0 aromatic heterocycles. The molecule has 86 valence electrons. The largest absolute Gasteiger partial charge is 0.394 e. The molecule has 1 rings (SSSR count). The van der Waals surface area contributed by atoms with Crippen LogP contribution in [0.3, 0.4) is 0 Å². The topological polar surface area (TPSA) is 110 Å². The molecule has 6 nitrogen and oxygen atoms in total. The number of hydrogen-bond acceptors (Lipinski definition) is 6. The Morgan fingerprint density at radius 3 is 1.86 bits per heavy atom. The first-order valence-corrected chi connectivity index (χ1v) is 4.56. The molecule has 5 atom stereocenters. The van der Waals surface area contributed by atoms with Crippen LogP contribution < -0.4 is 0 Å². The van der Waals surface area contributed by atoms with Crippen molar-refractivity contribution in [2.24, 2.45) is 0 Å². The standard InChI is InChI=1S/C6H12O6.C2H6/c7-1-2-3(8)4(9)5(10)6(11)12-2;1-2/h2-11H,1H2;1-2H3/t2?,3-,4-,5+,6-;/m1./s1. The predicted octanol–water partition coefficient (Wildman–Crippen LogP) is -2.20. The highest BCUT2D eigenvalue weighted by Crippen LogP contribution is 2.18. The van der Waals surface area contributed by atoms with Crippen molar-refractivity contribution in [1.29, 1.82) is 0 Å². The van der Waals surface area contributed by atoms with Crippen molar-refractivity contribution in [3.05, 3.63) is 0 Å². The van der Waals surface area contributed by atoms with E-state index in [1.54, 1.807) is 0 Å². The van der Waals surface area contributed by atoms with Crippen LogP contribution >= 0.6 is 0 Å². The van der Waals surface area contributed by atoms with Crippen molar-refractivity contribution in [2.75, 3.05) is 6.61 Å². The van der Waals surface area contributed by atoms with Crippen LogP contribution in [-0.4, -0.2) is 62.8 Å². The van der Waals surface area contributed by atoms with Gasteiger partial charge in [0.15, 0.2) is 6.29 Å². The minimum atomic E-state index is -1.57. The van der Waals surface area contributed by atoms with Crippen LogP contribution in [0.2, 0.25) is 0 Å². The fourth-order valence-corrected chi connectivity index (χ4v) is 1.08. The first kappa shape index (κ1) is 13.8. The summed E-state index contributed by atoms with van der Waals surface area (Å²) in [6.07, 6.45) is -7.04. The lowest BCUT2D eigenvalue weighted by Crippen LogP contribution is -2.58. The van der Waals surface area contributed by atoms with Gasteiger partial charge in [0, 0.05) is 0 Å². The molecule has 0 bridgehead atoms. The van der Waals surface area contributed by atoms with Crippen molar-refractivity contribution in [3.63, 3.8) is 0 Å². The van der Waals surface area contributed by atoms with E-state index in [0.29, 0.717) is 0 Å². The molecule has 6 heteroatoms. The van der Waals surface area contributed by atoms with Gasteiger partial charge >= 0.3 is 0 Å². The number of rotatable bonds is 1.